The van der Waals surface area contributed by atoms with Crippen LogP contribution in [0.4, 0.5) is 0 Å². The Hall–Kier alpha value is -0.480. The number of unbranched alkanes of at least 4 members (excludes halogenated alkanes) is 1. The van der Waals surface area contributed by atoms with E-state index in [0.29, 0.717) is 11.5 Å². The van der Waals surface area contributed by atoms with Crippen molar-refractivity contribution in [1.82, 2.24) is 5.32 Å². The second kappa shape index (κ2) is 8.59. The third-order valence-corrected chi connectivity index (χ3v) is 3.67. The molecule has 1 N–H and O–H groups in total. The van der Waals surface area contributed by atoms with E-state index in [1.807, 2.05) is 0 Å². The van der Waals surface area contributed by atoms with Gasteiger partial charge in [0.25, 0.3) is 0 Å². The molecule has 0 saturated carbocycles. The van der Waals surface area contributed by atoms with Gasteiger partial charge < -0.3 is 5.32 Å². The zero-order valence-electron chi connectivity index (χ0n) is 12.5. The molecule has 0 aliphatic heterocycles. The Balaban J connectivity index is 4.13. The van der Waals surface area contributed by atoms with Crippen molar-refractivity contribution in [3.05, 3.63) is 0 Å². The average Bonchev–Trinajstić information content (AvgIpc) is 2.24. The Morgan fingerprint density at radius 1 is 1.29 bits per heavy atom. The van der Waals surface area contributed by atoms with E-state index in [4.69, 9.17) is 6.42 Å². The summed E-state index contributed by atoms with van der Waals surface area (Å²) >= 11 is 0. The van der Waals surface area contributed by atoms with Crippen LogP contribution in [0.1, 0.15) is 66.7 Å². The number of rotatable bonds is 8. The minimum atomic E-state index is 0.401. The lowest BCUT2D eigenvalue weighted by molar-refractivity contribution is 0.218. The smallest absolute Gasteiger partial charge is 0.00866 e. The van der Waals surface area contributed by atoms with Gasteiger partial charge in [-0.25, -0.2) is 0 Å². The van der Waals surface area contributed by atoms with Gasteiger partial charge in [-0.3, -0.25) is 0 Å². The Kier molecular flexibility index (Phi) is 8.35. The number of hydrogen-bond donors (Lipinski definition) is 1. The van der Waals surface area contributed by atoms with E-state index in [0.717, 1.165) is 25.3 Å². The summed E-state index contributed by atoms with van der Waals surface area (Å²) in [7, 11) is 0. The Morgan fingerprint density at radius 2 is 1.94 bits per heavy atom. The number of nitrogens with one attached hydrogen (secondary N) is 1. The quantitative estimate of drug-likeness (QED) is 0.492. The monoisotopic (exact) mass is 237 g/mol. The summed E-state index contributed by atoms with van der Waals surface area (Å²) in [6, 6.07) is 0.637. The molecular formula is C16H31N. The van der Waals surface area contributed by atoms with Crippen LogP contribution >= 0.6 is 0 Å². The highest BCUT2D eigenvalue weighted by Crippen LogP contribution is 2.29. The highest BCUT2D eigenvalue weighted by molar-refractivity contribution is 4.84. The molecule has 0 aliphatic carbocycles. The Bertz CT molecular complexity index is 219. The first kappa shape index (κ1) is 16.5. The summed E-state index contributed by atoms with van der Waals surface area (Å²) in [4.78, 5) is 0. The summed E-state index contributed by atoms with van der Waals surface area (Å²) in [6.07, 6.45) is 11.0. The van der Waals surface area contributed by atoms with Crippen LogP contribution in [0.3, 0.4) is 0 Å². The largest absolute Gasteiger partial charge is 0.314 e. The SMILES string of the molecule is C#CCCCC(CC(C)C(C)(C)C)NCCC. The molecule has 1 nitrogen and oxygen atoms in total. The normalized spacial score (nSPS) is 15.3. The molecule has 0 aromatic rings. The molecule has 0 fully saturated rings. The highest BCUT2D eigenvalue weighted by atomic mass is 14.9. The van der Waals surface area contributed by atoms with Gasteiger partial charge in [0.1, 0.15) is 0 Å². The zero-order valence-corrected chi connectivity index (χ0v) is 12.5. The van der Waals surface area contributed by atoms with Crippen molar-refractivity contribution in [3.63, 3.8) is 0 Å². The molecule has 0 saturated heterocycles. The fourth-order valence-corrected chi connectivity index (χ4v) is 1.88. The van der Waals surface area contributed by atoms with Crippen molar-refractivity contribution in [2.45, 2.75) is 72.8 Å². The lowest BCUT2D eigenvalue weighted by atomic mass is 9.78. The minimum absolute atomic E-state index is 0.401. The molecule has 0 heterocycles. The van der Waals surface area contributed by atoms with Crippen molar-refractivity contribution in [1.29, 1.82) is 0 Å². The maximum Gasteiger partial charge on any atom is 0.00866 e. The molecule has 0 aromatic carbocycles. The molecule has 0 rings (SSSR count). The highest BCUT2D eigenvalue weighted by Gasteiger charge is 2.23. The van der Waals surface area contributed by atoms with E-state index in [9.17, 15) is 0 Å². The first-order valence-electron chi connectivity index (χ1n) is 7.08. The van der Waals surface area contributed by atoms with Gasteiger partial charge in [-0.2, -0.15) is 0 Å². The second-order valence-electron chi connectivity index (χ2n) is 6.25. The van der Waals surface area contributed by atoms with E-state index >= 15 is 0 Å². The molecule has 0 aromatic heterocycles. The molecular weight excluding hydrogens is 206 g/mol. The van der Waals surface area contributed by atoms with Gasteiger partial charge in [-0.15, -0.1) is 12.3 Å². The van der Waals surface area contributed by atoms with Crippen LogP contribution in [0, 0.1) is 23.7 Å². The molecule has 17 heavy (non-hydrogen) atoms. The Morgan fingerprint density at radius 3 is 2.41 bits per heavy atom. The van der Waals surface area contributed by atoms with Crippen LogP contribution in [0.15, 0.2) is 0 Å². The summed E-state index contributed by atoms with van der Waals surface area (Å²) in [5, 5.41) is 3.66. The molecule has 2 atom stereocenters. The van der Waals surface area contributed by atoms with Crippen LogP contribution in [0.5, 0.6) is 0 Å². The summed E-state index contributed by atoms with van der Waals surface area (Å²) in [6.45, 7) is 12.7. The van der Waals surface area contributed by atoms with Crippen LogP contribution < -0.4 is 5.32 Å². The van der Waals surface area contributed by atoms with Gasteiger partial charge in [0.05, 0.1) is 0 Å². The first-order chi connectivity index (χ1) is 7.91. The van der Waals surface area contributed by atoms with Gasteiger partial charge in [-0.1, -0.05) is 34.6 Å². The molecule has 0 spiro atoms. The first-order valence-corrected chi connectivity index (χ1v) is 7.08. The number of terminal acetylenes is 1. The van der Waals surface area contributed by atoms with Crippen molar-refractivity contribution in [2.75, 3.05) is 6.54 Å². The molecule has 2 unspecified atom stereocenters. The third-order valence-electron chi connectivity index (χ3n) is 3.67. The van der Waals surface area contributed by atoms with Gasteiger partial charge in [-0.05, 0) is 43.6 Å². The van der Waals surface area contributed by atoms with E-state index < -0.39 is 0 Å². The molecule has 0 radical (unpaired) electrons. The number of hydrogen-bond acceptors (Lipinski definition) is 1. The van der Waals surface area contributed by atoms with Crippen LogP contribution in [-0.4, -0.2) is 12.6 Å². The van der Waals surface area contributed by atoms with E-state index in [1.54, 1.807) is 0 Å². The maximum absolute atomic E-state index is 5.31. The summed E-state index contributed by atoms with van der Waals surface area (Å²) < 4.78 is 0. The Labute approximate surface area is 109 Å². The predicted octanol–water partition coefficient (Wildman–Crippen LogP) is 4.23. The topological polar surface area (TPSA) is 12.0 Å². The van der Waals surface area contributed by atoms with Crippen molar-refractivity contribution in [2.24, 2.45) is 11.3 Å². The fourth-order valence-electron chi connectivity index (χ4n) is 1.88. The van der Waals surface area contributed by atoms with E-state index in [2.05, 4.69) is 45.9 Å². The van der Waals surface area contributed by atoms with Crippen LogP contribution in [0.2, 0.25) is 0 Å². The van der Waals surface area contributed by atoms with Gasteiger partial charge in [0.2, 0.25) is 0 Å². The standard InChI is InChI=1S/C16H31N/c1-7-9-10-11-15(17-12-8-2)13-14(3)16(4,5)6/h1,14-15,17H,8-13H2,2-6H3. The summed E-state index contributed by atoms with van der Waals surface area (Å²) in [5.41, 5.74) is 0.401. The van der Waals surface area contributed by atoms with Crippen molar-refractivity contribution < 1.29 is 0 Å². The molecule has 1 heteroatoms. The minimum Gasteiger partial charge on any atom is -0.314 e. The predicted molar refractivity (Wildman–Crippen MR) is 78.0 cm³/mol. The fraction of sp³-hybridized carbons (Fsp3) is 0.875. The average molecular weight is 237 g/mol. The molecule has 100 valence electrons. The van der Waals surface area contributed by atoms with Gasteiger partial charge >= 0.3 is 0 Å². The van der Waals surface area contributed by atoms with Crippen LogP contribution in [-0.2, 0) is 0 Å². The lowest BCUT2D eigenvalue weighted by Gasteiger charge is -2.31. The summed E-state index contributed by atoms with van der Waals surface area (Å²) in [5.74, 6) is 3.47. The van der Waals surface area contributed by atoms with Gasteiger partial charge in [0.15, 0.2) is 0 Å². The zero-order chi connectivity index (χ0) is 13.3. The maximum atomic E-state index is 5.31. The van der Waals surface area contributed by atoms with E-state index in [-0.39, 0.29) is 0 Å². The second-order valence-corrected chi connectivity index (χ2v) is 6.25. The van der Waals surface area contributed by atoms with E-state index in [1.165, 1.54) is 19.3 Å². The molecule has 0 bridgehead atoms. The molecule has 0 aliphatic rings. The lowest BCUT2D eigenvalue weighted by Crippen LogP contribution is -2.34. The molecule has 0 amide bonds. The van der Waals surface area contributed by atoms with Gasteiger partial charge in [0, 0.05) is 12.5 Å². The van der Waals surface area contributed by atoms with Crippen LogP contribution in [0.25, 0.3) is 0 Å². The van der Waals surface area contributed by atoms with Crippen molar-refractivity contribution >= 4 is 0 Å². The third kappa shape index (κ3) is 8.27. The van der Waals surface area contributed by atoms with Crippen molar-refractivity contribution in [3.8, 4) is 12.3 Å².